The molecule has 0 fully saturated rings. The van der Waals surface area contributed by atoms with Gasteiger partial charge in [-0.15, -0.1) is 11.3 Å². The fourth-order valence-corrected chi connectivity index (χ4v) is 4.79. The van der Waals surface area contributed by atoms with Crippen molar-refractivity contribution < 1.29 is 4.74 Å². The summed E-state index contributed by atoms with van der Waals surface area (Å²) in [5, 5.41) is 3.32. The molecule has 0 amide bonds. The van der Waals surface area contributed by atoms with Crippen LogP contribution in [0, 0.1) is 0 Å². The van der Waals surface area contributed by atoms with Gasteiger partial charge in [-0.1, -0.05) is 0 Å². The lowest BCUT2D eigenvalue weighted by atomic mass is 10.0. The molecular weight excluding hydrogens is 392 g/mol. The Labute approximate surface area is 133 Å². The first-order chi connectivity index (χ1) is 9.15. The summed E-state index contributed by atoms with van der Waals surface area (Å²) in [6, 6.07) is 4.23. The van der Waals surface area contributed by atoms with E-state index in [4.69, 9.17) is 4.74 Å². The molecule has 2 rings (SSSR count). The quantitative estimate of drug-likeness (QED) is 0.801. The second-order valence-electron chi connectivity index (χ2n) is 3.89. The van der Waals surface area contributed by atoms with Crippen LogP contribution in [0.4, 0.5) is 0 Å². The van der Waals surface area contributed by atoms with Crippen LogP contribution in [0.25, 0.3) is 0 Å². The number of halogens is 2. The molecule has 2 aromatic heterocycles. The van der Waals surface area contributed by atoms with E-state index in [0.29, 0.717) is 6.61 Å². The van der Waals surface area contributed by atoms with Crippen molar-refractivity contribution in [1.82, 2.24) is 10.3 Å². The Bertz CT molecular complexity index is 559. The Kier molecular flexibility index (Phi) is 5.38. The zero-order chi connectivity index (χ0) is 13.8. The average molecular weight is 406 g/mol. The van der Waals surface area contributed by atoms with E-state index in [1.165, 1.54) is 5.56 Å². The number of hydrogen-bond acceptors (Lipinski definition) is 4. The smallest absolute Gasteiger partial charge is 0.137 e. The first-order valence-corrected chi connectivity index (χ1v) is 8.25. The summed E-state index contributed by atoms with van der Waals surface area (Å²) in [7, 11) is 1.94. The molecule has 0 saturated heterocycles. The lowest BCUT2D eigenvalue weighted by Gasteiger charge is -2.16. The molecule has 0 saturated carbocycles. The number of nitrogens with one attached hydrogen (secondary N) is 1. The SMILES string of the molecule is CCOc1cncc(C(NC)c2cc(Br)sc2Br)c1. The highest BCUT2D eigenvalue weighted by atomic mass is 79.9. The van der Waals surface area contributed by atoms with E-state index in [2.05, 4.69) is 48.2 Å². The van der Waals surface area contributed by atoms with E-state index in [0.717, 1.165) is 18.9 Å². The maximum Gasteiger partial charge on any atom is 0.137 e. The van der Waals surface area contributed by atoms with Crippen LogP contribution in [0.15, 0.2) is 32.1 Å². The van der Waals surface area contributed by atoms with Gasteiger partial charge in [0.15, 0.2) is 0 Å². The first kappa shape index (κ1) is 15.0. The summed E-state index contributed by atoms with van der Waals surface area (Å²) >= 11 is 8.78. The molecule has 0 aliphatic heterocycles. The van der Waals surface area contributed by atoms with E-state index in [1.54, 1.807) is 17.5 Å². The van der Waals surface area contributed by atoms with Crippen LogP contribution in [0.5, 0.6) is 5.75 Å². The zero-order valence-electron chi connectivity index (χ0n) is 10.6. The minimum Gasteiger partial charge on any atom is -0.492 e. The Hall–Kier alpha value is -0.430. The van der Waals surface area contributed by atoms with Crippen LogP contribution >= 0.6 is 43.2 Å². The number of thiophene rings is 1. The largest absolute Gasteiger partial charge is 0.492 e. The second kappa shape index (κ2) is 6.83. The first-order valence-electron chi connectivity index (χ1n) is 5.85. The third-order valence-electron chi connectivity index (χ3n) is 2.66. The highest BCUT2D eigenvalue weighted by molar-refractivity contribution is 9.12. The predicted octanol–water partition coefficient (Wildman–Crippen LogP) is 4.38. The van der Waals surface area contributed by atoms with Crippen LogP contribution in [0.3, 0.4) is 0 Å². The zero-order valence-corrected chi connectivity index (χ0v) is 14.6. The Morgan fingerprint density at radius 3 is 2.74 bits per heavy atom. The molecule has 0 spiro atoms. The maximum absolute atomic E-state index is 5.50. The molecule has 19 heavy (non-hydrogen) atoms. The molecule has 1 unspecified atom stereocenters. The number of nitrogens with zero attached hydrogens (tertiary/aromatic N) is 1. The number of ether oxygens (including phenoxy) is 1. The fourth-order valence-electron chi connectivity index (χ4n) is 1.89. The van der Waals surface area contributed by atoms with Crippen molar-refractivity contribution in [3.63, 3.8) is 0 Å². The van der Waals surface area contributed by atoms with Gasteiger partial charge in [0.2, 0.25) is 0 Å². The molecule has 2 heterocycles. The molecule has 0 aliphatic rings. The summed E-state index contributed by atoms with van der Waals surface area (Å²) in [6.45, 7) is 2.61. The normalized spacial score (nSPS) is 12.4. The third kappa shape index (κ3) is 3.56. The summed E-state index contributed by atoms with van der Waals surface area (Å²) in [6.07, 6.45) is 3.60. The van der Waals surface area contributed by atoms with Crippen molar-refractivity contribution in [1.29, 1.82) is 0 Å². The van der Waals surface area contributed by atoms with Crippen molar-refractivity contribution >= 4 is 43.2 Å². The van der Waals surface area contributed by atoms with E-state index in [-0.39, 0.29) is 6.04 Å². The lowest BCUT2D eigenvalue weighted by Crippen LogP contribution is -2.17. The van der Waals surface area contributed by atoms with Crippen LogP contribution < -0.4 is 10.1 Å². The highest BCUT2D eigenvalue weighted by Gasteiger charge is 2.18. The van der Waals surface area contributed by atoms with Crippen molar-refractivity contribution in [3.8, 4) is 5.75 Å². The summed E-state index contributed by atoms with van der Waals surface area (Å²) in [4.78, 5) is 4.25. The standard InChI is InChI=1S/C13H14Br2N2OS/c1-3-18-9-4-8(6-17-7-9)12(16-2)10-5-11(14)19-13(10)15/h4-7,12,16H,3H2,1-2H3. The summed E-state index contributed by atoms with van der Waals surface area (Å²) in [5.41, 5.74) is 2.27. The molecule has 1 atom stereocenters. The fraction of sp³-hybridized carbons (Fsp3) is 0.308. The predicted molar refractivity (Wildman–Crippen MR) is 86.0 cm³/mol. The van der Waals surface area contributed by atoms with E-state index < -0.39 is 0 Å². The summed E-state index contributed by atoms with van der Waals surface area (Å²) < 4.78 is 7.72. The van der Waals surface area contributed by atoms with Gasteiger partial charge < -0.3 is 10.1 Å². The monoisotopic (exact) mass is 404 g/mol. The number of rotatable bonds is 5. The van der Waals surface area contributed by atoms with Crippen LogP contribution in [0.2, 0.25) is 0 Å². The molecule has 0 bridgehead atoms. The van der Waals surface area contributed by atoms with Crippen molar-refractivity contribution in [2.24, 2.45) is 0 Å². The molecular formula is C13H14Br2N2OS. The number of hydrogen-bond donors (Lipinski definition) is 1. The van der Waals surface area contributed by atoms with E-state index in [9.17, 15) is 0 Å². The third-order valence-corrected chi connectivity index (χ3v) is 5.05. The molecule has 0 radical (unpaired) electrons. The Morgan fingerprint density at radius 2 is 2.16 bits per heavy atom. The highest BCUT2D eigenvalue weighted by Crippen LogP contribution is 2.38. The second-order valence-corrected chi connectivity index (χ2v) is 7.64. The maximum atomic E-state index is 5.50. The van der Waals surface area contributed by atoms with Crippen molar-refractivity contribution in [3.05, 3.63) is 43.2 Å². The van der Waals surface area contributed by atoms with Gasteiger partial charge in [-0.3, -0.25) is 4.98 Å². The average Bonchev–Trinajstić information content (AvgIpc) is 2.71. The van der Waals surface area contributed by atoms with Gasteiger partial charge in [0, 0.05) is 6.20 Å². The van der Waals surface area contributed by atoms with Gasteiger partial charge in [0.1, 0.15) is 5.75 Å². The van der Waals surface area contributed by atoms with Crippen LogP contribution in [-0.2, 0) is 0 Å². The molecule has 102 valence electrons. The molecule has 1 N–H and O–H groups in total. The molecule has 0 aromatic carbocycles. The molecule has 6 heteroatoms. The minimum atomic E-state index is 0.0878. The lowest BCUT2D eigenvalue weighted by molar-refractivity contribution is 0.338. The molecule has 3 nitrogen and oxygen atoms in total. The topological polar surface area (TPSA) is 34.1 Å². The van der Waals surface area contributed by atoms with Gasteiger partial charge in [-0.05, 0) is 69.1 Å². The Balaban J connectivity index is 2.36. The van der Waals surface area contributed by atoms with E-state index >= 15 is 0 Å². The van der Waals surface area contributed by atoms with Gasteiger partial charge in [-0.25, -0.2) is 0 Å². The number of pyridine rings is 1. The molecule has 2 aromatic rings. The Morgan fingerprint density at radius 1 is 1.37 bits per heavy atom. The van der Waals surface area contributed by atoms with Crippen LogP contribution in [-0.4, -0.2) is 18.6 Å². The van der Waals surface area contributed by atoms with Gasteiger partial charge in [0.05, 0.1) is 26.4 Å². The molecule has 0 aliphatic carbocycles. The van der Waals surface area contributed by atoms with Crippen LogP contribution in [0.1, 0.15) is 24.1 Å². The van der Waals surface area contributed by atoms with Gasteiger partial charge in [-0.2, -0.15) is 0 Å². The van der Waals surface area contributed by atoms with E-state index in [1.807, 2.05) is 26.2 Å². The summed E-state index contributed by atoms with van der Waals surface area (Å²) in [5.74, 6) is 0.797. The van der Waals surface area contributed by atoms with Gasteiger partial charge in [0.25, 0.3) is 0 Å². The minimum absolute atomic E-state index is 0.0878. The number of aromatic nitrogens is 1. The van der Waals surface area contributed by atoms with Gasteiger partial charge >= 0.3 is 0 Å². The van der Waals surface area contributed by atoms with Crippen molar-refractivity contribution in [2.75, 3.05) is 13.7 Å². The van der Waals surface area contributed by atoms with Crippen molar-refractivity contribution in [2.45, 2.75) is 13.0 Å².